The van der Waals surface area contributed by atoms with Crippen LogP contribution in [0.25, 0.3) is 21.5 Å². The van der Waals surface area contributed by atoms with Gasteiger partial charge < -0.3 is 5.32 Å². The molecule has 3 heterocycles. The molecular weight excluding hydrogens is 353 g/mol. The maximum absolute atomic E-state index is 14.8. The number of hydrogen-bond donors (Lipinski definition) is 1. The summed E-state index contributed by atoms with van der Waals surface area (Å²) in [4.78, 5) is 12.4. The zero-order valence-electron chi connectivity index (χ0n) is 14.3. The lowest BCUT2D eigenvalue weighted by molar-refractivity contribution is -0.131. The van der Waals surface area contributed by atoms with E-state index in [4.69, 9.17) is 0 Å². The molecule has 0 radical (unpaired) electrons. The molecule has 0 saturated carbocycles. The number of aromatic nitrogens is 4. The molecule has 0 spiro atoms. The summed E-state index contributed by atoms with van der Waals surface area (Å²) in [5.74, 6) is -0.413. The highest BCUT2D eigenvalue weighted by Gasteiger charge is 2.39. The molecule has 26 heavy (non-hydrogen) atoms. The van der Waals surface area contributed by atoms with Crippen LogP contribution in [0.3, 0.4) is 0 Å². The lowest BCUT2D eigenvalue weighted by Gasteiger charge is -2.28. The van der Waals surface area contributed by atoms with Crippen LogP contribution in [0.2, 0.25) is 0 Å². The van der Waals surface area contributed by atoms with E-state index in [2.05, 4.69) is 25.7 Å². The molecule has 134 valence electrons. The number of hydrogen-bond acceptors (Lipinski definition) is 7. The van der Waals surface area contributed by atoms with Gasteiger partial charge in [-0.1, -0.05) is 11.3 Å². The molecule has 0 atom stereocenters. The number of halogens is 1. The van der Waals surface area contributed by atoms with Crippen molar-refractivity contribution in [3.8, 4) is 10.6 Å². The number of benzene rings is 1. The molecule has 1 aliphatic rings. The maximum atomic E-state index is 14.8. The Morgan fingerprint density at radius 1 is 1.19 bits per heavy atom. The van der Waals surface area contributed by atoms with Gasteiger partial charge in [0.25, 0.3) is 0 Å². The Morgan fingerprint density at radius 2 is 2.00 bits per heavy atom. The van der Waals surface area contributed by atoms with E-state index in [1.165, 1.54) is 11.3 Å². The average molecular weight is 371 g/mol. The topological polar surface area (TPSA) is 80.7 Å². The minimum Gasteiger partial charge on any atom is -0.316 e. The Balaban J connectivity index is 1.61. The summed E-state index contributed by atoms with van der Waals surface area (Å²) in [5, 5.41) is 22.1. The fraction of sp³-hybridized carbons (Fsp3) is 0.389. The second-order valence-electron chi connectivity index (χ2n) is 6.55. The van der Waals surface area contributed by atoms with Gasteiger partial charge in [-0.2, -0.15) is 10.2 Å². The van der Waals surface area contributed by atoms with Crippen molar-refractivity contribution in [1.29, 1.82) is 0 Å². The number of rotatable bonds is 4. The van der Waals surface area contributed by atoms with Gasteiger partial charge in [-0.25, -0.2) is 4.39 Å². The van der Waals surface area contributed by atoms with E-state index in [1.54, 1.807) is 0 Å². The van der Waals surface area contributed by atoms with Crippen molar-refractivity contribution in [1.82, 2.24) is 25.7 Å². The van der Waals surface area contributed by atoms with Crippen molar-refractivity contribution < 1.29 is 9.18 Å². The van der Waals surface area contributed by atoms with Gasteiger partial charge in [0, 0.05) is 23.8 Å². The number of piperidine rings is 1. The van der Waals surface area contributed by atoms with Crippen LogP contribution in [0.5, 0.6) is 0 Å². The van der Waals surface area contributed by atoms with E-state index in [0.717, 1.165) is 26.5 Å². The van der Waals surface area contributed by atoms with E-state index in [-0.39, 0.29) is 19.3 Å². The number of Topliss-reactive ketones (excluding diaryl/α,β-unsaturated/α-hetero) is 1. The predicted molar refractivity (Wildman–Crippen MR) is 97.8 cm³/mol. The number of ketones is 1. The third kappa shape index (κ3) is 3.34. The molecule has 1 fully saturated rings. The molecule has 8 heteroatoms. The fourth-order valence-corrected chi connectivity index (χ4v) is 3.83. The molecule has 0 bridgehead atoms. The van der Waals surface area contributed by atoms with Crippen molar-refractivity contribution in [3.05, 3.63) is 35.0 Å². The van der Waals surface area contributed by atoms with E-state index >= 15 is 0 Å². The average Bonchev–Trinajstić information content (AvgIpc) is 3.08. The summed E-state index contributed by atoms with van der Waals surface area (Å²) < 4.78 is 14.8. The third-order valence-electron chi connectivity index (χ3n) is 4.65. The Labute approximate surface area is 153 Å². The van der Waals surface area contributed by atoms with Crippen molar-refractivity contribution in [3.63, 3.8) is 0 Å². The number of carbonyl (C=O) groups excluding carboxylic acids is 1. The van der Waals surface area contributed by atoms with Gasteiger partial charge in [-0.05, 0) is 44.3 Å². The number of carbonyl (C=O) groups is 1. The van der Waals surface area contributed by atoms with Crippen molar-refractivity contribution in [2.24, 2.45) is 0 Å². The minimum atomic E-state index is -1.76. The van der Waals surface area contributed by atoms with Gasteiger partial charge in [0.1, 0.15) is 10.0 Å². The Morgan fingerprint density at radius 3 is 2.73 bits per heavy atom. The smallest absolute Gasteiger partial charge is 0.176 e. The molecule has 1 saturated heterocycles. The van der Waals surface area contributed by atoms with Crippen LogP contribution in [0.1, 0.15) is 23.5 Å². The molecule has 0 amide bonds. The van der Waals surface area contributed by atoms with Gasteiger partial charge in [0.2, 0.25) is 0 Å². The molecule has 3 aromatic rings. The number of nitrogens with one attached hydrogen (secondary N) is 1. The normalized spacial score (nSPS) is 16.7. The minimum absolute atomic E-state index is 0.0401. The fourth-order valence-electron chi connectivity index (χ4n) is 3.15. The summed E-state index contributed by atoms with van der Waals surface area (Å²) in [7, 11) is 0. The lowest BCUT2D eigenvalue weighted by Crippen LogP contribution is -2.45. The SMILES string of the molecule is Cc1nnc(-c2ccc3nnc(CC(=O)C4(F)CCNCC4)cc3c2)s1. The zero-order chi connectivity index (χ0) is 18.1. The van der Waals surface area contributed by atoms with Crippen LogP contribution in [0, 0.1) is 6.92 Å². The standard InChI is InChI=1S/C18H18FN5OS/c1-11-21-24-17(26-11)12-2-3-15-13(8-12)9-14(22-23-15)10-16(25)18(19)4-6-20-7-5-18/h2-3,8-9,20H,4-7,10H2,1H3. The Bertz CT molecular complexity index is 967. The molecule has 1 aromatic carbocycles. The zero-order valence-corrected chi connectivity index (χ0v) is 15.1. The molecule has 0 aliphatic carbocycles. The van der Waals surface area contributed by atoms with Crippen LogP contribution in [-0.2, 0) is 11.2 Å². The summed E-state index contributed by atoms with van der Waals surface area (Å²) in [6.07, 6.45) is 0.391. The molecular formula is C18H18FN5OS. The van der Waals surface area contributed by atoms with Crippen molar-refractivity contribution >= 4 is 28.0 Å². The quantitative estimate of drug-likeness (QED) is 0.759. The van der Waals surface area contributed by atoms with E-state index in [1.807, 2.05) is 31.2 Å². The van der Waals surface area contributed by atoms with Crippen molar-refractivity contribution in [2.45, 2.75) is 31.9 Å². The first kappa shape index (κ1) is 17.1. The second kappa shape index (κ2) is 6.77. The first-order valence-electron chi connectivity index (χ1n) is 8.53. The van der Waals surface area contributed by atoms with E-state index in [9.17, 15) is 9.18 Å². The largest absolute Gasteiger partial charge is 0.316 e. The molecule has 6 nitrogen and oxygen atoms in total. The van der Waals surface area contributed by atoms with Gasteiger partial charge in [0.15, 0.2) is 11.5 Å². The number of alkyl halides is 1. The van der Waals surface area contributed by atoms with E-state index in [0.29, 0.717) is 18.8 Å². The highest BCUT2D eigenvalue weighted by atomic mass is 32.1. The van der Waals surface area contributed by atoms with Gasteiger partial charge in [-0.3, -0.25) is 4.79 Å². The highest BCUT2D eigenvalue weighted by molar-refractivity contribution is 7.14. The van der Waals surface area contributed by atoms with Crippen LogP contribution >= 0.6 is 11.3 Å². The highest BCUT2D eigenvalue weighted by Crippen LogP contribution is 2.28. The summed E-state index contributed by atoms with van der Waals surface area (Å²) in [5.41, 5.74) is 0.397. The van der Waals surface area contributed by atoms with E-state index < -0.39 is 11.5 Å². The molecule has 4 rings (SSSR count). The Hall–Kier alpha value is -2.32. The first-order valence-corrected chi connectivity index (χ1v) is 9.35. The van der Waals surface area contributed by atoms with Crippen LogP contribution < -0.4 is 5.32 Å². The molecule has 1 N–H and O–H groups in total. The molecule has 2 aromatic heterocycles. The maximum Gasteiger partial charge on any atom is 0.176 e. The summed E-state index contributed by atoms with van der Waals surface area (Å²) >= 11 is 1.51. The second-order valence-corrected chi connectivity index (χ2v) is 7.73. The number of fused-ring (bicyclic) bond motifs is 1. The molecule has 0 unspecified atom stereocenters. The lowest BCUT2D eigenvalue weighted by atomic mass is 9.87. The number of aryl methyl sites for hydroxylation is 1. The third-order valence-corrected chi connectivity index (χ3v) is 5.53. The summed E-state index contributed by atoms with van der Waals surface area (Å²) in [6, 6.07) is 7.55. The summed E-state index contributed by atoms with van der Waals surface area (Å²) in [6.45, 7) is 2.96. The monoisotopic (exact) mass is 371 g/mol. The number of nitrogens with zero attached hydrogens (tertiary/aromatic N) is 4. The van der Waals surface area contributed by atoms with Crippen LogP contribution in [0.15, 0.2) is 24.3 Å². The predicted octanol–water partition coefficient (Wildman–Crippen LogP) is 2.66. The molecule has 1 aliphatic heterocycles. The first-order chi connectivity index (χ1) is 12.5. The van der Waals surface area contributed by atoms with Crippen LogP contribution in [0.4, 0.5) is 4.39 Å². The Kier molecular flexibility index (Phi) is 4.46. The van der Waals surface area contributed by atoms with Crippen molar-refractivity contribution in [2.75, 3.05) is 13.1 Å². The van der Waals surface area contributed by atoms with Gasteiger partial charge in [0.05, 0.1) is 17.6 Å². The van der Waals surface area contributed by atoms with Crippen LogP contribution in [-0.4, -0.2) is 44.9 Å². The van der Waals surface area contributed by atoms with Gasteiger partial charge in [-0.15, -0.1) is 10.2 Å². The van der Waals surface area contributed by atoms with Gasteiger partial charge >= 0.3 is 0 Å².